The Morgan fingerprint density at radius 3 is 2.75 bits per heavy atom. The molecule has 0 atom stereocenters. The molecule has 1 heterocycles. The highest BCUT2D eigenvalue weighted by molar-refractivity contribution is 6.35. The number of rotatable bonds is 3. The molecule has 2 aromatic carbocycles. The van der Waals surface area contributed by atoms with Gasteiger partial charge < -0.3 is 9.30 Å². The number of ether oxygens (including phenoxy) is 1. The quantitative estimate of drug-likeness (QED) is 0.677. The van der Waals surface area contributed by atoms with Crippen LogP contribution in [0.1, 0.15) is 5.56 Å². The van der Waals surface area contributed by atoms with Gasteiger partial charge in [-0.2, -0.15) is 0 Å². The Balaban J connectivity index is 1.98. The van der Waals surface area contributed by atoms with Crippen LogP contribution in [0, 0.1) is 6.07 Å². The molecular formula is C16H12Cl2NO. The van der Waals surface area contributed by atoms with Crippen molar-refractivity contribution in [1.29, 1.82) is 0 Å². The van der Waals surface area contributed by atoms with Gasteiger partial charge in [0.2, 0.25) is 0 Å². The fourth-order valence-electron chi connectivity index (χ4n) is 2.19. The monoisotopic (exact) mass is 304 g/mol. The Labute approximate surface area is 127 Å². The highest BCUT2D eigenvalue weighted by atomic mass is 35.5. The highest BCUT2D eigenvalue weighted by Crippen LogP contribution is 2.25. The molecule has 0 bridgehead atoms. The number of benzene rings is 2. The Morgan fingerprint density at radius 2 is 2.00 bits per heavy atom. The second-order valence-corrected chi connectivity index (χ2v) is 5.36. The fraction of sp³-hybridized carbons (Fsp3) is 0.125. The zero-order chi connectivity index (χ0) is 14.1. The minimum Gasteiger partial charge on any atom is -0.497 e. The largest absolute Gasteiger partial charge is 0.497 e. The molecule has 4 heteroatoms. The molecule has 0 fully saturated rings. The maximum absolute atomic E-state index is 6.22. The zero-order valence-corrected chi connectivity index (χ0v) is 12.4. The van der Waals surface area contributed by atoms with E-state index in [1.54, 1.807) is 13.2 Å². The summed E-state index contributed by atoms with van der Waals surface area (Å²) in [4.78, 5) is 0. The molecule has 0 aliphatic rings. The first-order valence-corrected chi connectivity index (χ1v) is 6.91. The lowest BCUT2D eigenvalue weighted by molar-refractivity contribution is 0.415. The van der Waals surface area contributed by atoms with Gasteiger partial charge in [-0.1, -0.05) is 29.3 Å². The van der Waals surface area contributed by atoms with Gasteiger partial charge in [0.25, 0.3) is 0 Å². The molecule has 3 rings (SSSR count). The smallest absolute Gasteiger partial charge is 0.119 e. The normalized spacial score (nSPS) is 10.9. The molecule has 2 nitrogen and oxygen atoms in total. The molecule has 0 N–H and O–H groups in total. The van der Waals surface area contributed by atoms with Crippen LogP contribution in [0.4, 0.5) is 0 Å². The summed E-state index contributed by atoms with van der Waals surface area (Å²) in [6.45, 7) is 0.683. The zero-order valence-electron chi connectivity index (χ0n) is 10.9. The summed E-state index contributed by atoms with van der Waals surface area (Å²) < 4.78 is 7.32. The summed E-state index contributed by atoms with van der Waals surface area (Å²) in [7, 11) is 1.66. The van der Waals surface area contributed by atoms with Crippen LogP contribution < -0.4 is 4.74 Å². The van der Waals surface area contributed by atoms with E-state index in [1.807, 2.05) is 36.5 Å². The molecule has 0 saturated heterocycles. The molecule has 0 saturated carbocycles. The molecule has 0 aliphatic heterocycles. The van der Waals surface area contributed by atoms with E-state index in [0.717, 1.165) is 22.2 Å². The van der Waals surface area contributed by atoms with Crippen molar-refractivity contribution in [3.63, 3.8) is 0 Å². The number of hydrogen-bond donors (Lipinski definition) is 0. The van der Waals surface area contributed by atoms with Crippen molar-refractivity contribution in [2.45, 2.75) is 6.54 Å². The Bertz CT molecular complexity index is 764. The average Bonchev–Trinajstić information content (AvgIpc) is 2.84. The first-order valence-electron chi connectivity index (χ1n) is 6.16. The fourth-order valence-corrected chi connectivity index (χ4v) is 2.66. The van der Waals surface area contributed by atoms with Crippen molar-refractivity contribution in [2.75, 3.05) is 7.11 Å². The van der Waals surface area contributed by atoms with Crippen molar-refractivity contribution in [2.24, 2.45) is 0 Å². The first-order chi connectivity index (χ1) is 9.67. The van der Waals surface area contributed by atoms with Gasteiger partial charge in [0.05, 0.1) is 7.11 Å². The summed E-state index contributed by atoms with van der Waals surface area (Å²) >= 11 is 12.1. The molecule has 0 spiro atoms. The third kappa shape index (κ3) is 2.49. The van der Waals surface area contributed by atoms with Gasteiger partial charge in [0.15, 0.2) is 0 Å². The lowest BCUT2D eigenvalue weighted by atomic mass is 10.2. The van der Waals surface area contributed by atoms with Crippen LogP contribution >= 0.6 is 23.2 Å². The second kappa shape index (κ2) is 5.39. The minimum absolute atomic E-state index is 0.646. The molecular weight excluding hydrogens is 293 g/mol. The molecule has 0 aliphatic carbocycles. The maximum atomic E-state index is 6.22. The summed E-state index contributed by atoms with van der Waals surface area (Å²) in [5, 5.41) is 2.34. The maximum Gasteiger partial charge on any atom is 0.119 e. The van der Waals surface area contributed by atoms with Gasteiger partial charge in [-0.25, -0.2) is 0 Å². The van der Waals surface area contributed by atoms with Gasteiger partial charge in [-0.3, -0.25) is 0 Å². The van der Waals surface area contributed by atoms with Crippen molar-refractivity contribution < 1.29 is 4.74 Å². The van der Waals surface area contributed by atoms with Gasteiger partial charge >= 0.3 is 0 Å². The van der Waals surface area contributed by atoms with Gasteiger partial charge in [-0.05, 0) is 35.9 Å². The van der Waals surface area contributed by atoms with Crippen LogP contribution in [-0.2, 0) is 6.54 Å². The van der Waals surface area contributed by atoms with Gasteiger partial charge in [0.1, 0.15) is 5.75 Å². The van der Waals surface area contributed by atoms with Crippen molar-refractivity contribution >= 4 is 34.1 Å². The molecule has 101 valence electrons. The number of fused-ring (bicyclic) bond motifs is 1. The third-order valence-electron chi connectivity index (χ3n) is 3.24. The second-order valence-electron chi connectivity index (χ2n) is 4.52. The van der Waals surface area contributed by atoms with Crippen molar-refractivity contribution in [3.8, 4) is 5.75 Å². The predicted octanol–water partition coefficient (Wildman–Crippen LogP) is 4.81. The number of hydrogen-bond acceptors (Lipinski definition) is 1. The summed E-state index contributed by atoms with van der Waals surface area (Å²) in [6.07, 6.45) is 1.93. The van der Waals surface area contributed by atoms with Crippen molar-refractivity contribution in [3.05, 3.63) is 64.3 Å². The van der Waals surface area contributed by atoms with Crippen LogP contribution in [0.5, 0.6) is 5.75 Å². The summed E-state index contributed by atoms with van der Waals surface area (Å²) in [5.74, 6) is 0.830. The Hall–Kier alpha value is -1.64. The van der Waals surface area contributed by atoms with E-state index in [9.17, 15) is 0 Å². The van der Waals surface area contributed by atoms with E-state index >= 15 is 0 Å². The number of aromatic nitrogens is 1. The highest BCUT2D eigenvalue weighted by Gasteiger charge is 2.06. The van der Waals surface area contributed by atoms with Crippen molar-refractivity contribution in [1.82, 2.24) is 4.57 Å². The first kappa shape index (κ1) is 13.3. The topological polar surface area (TPSA) is 14.2 Å². The van der Waals surface area contributed by atoms with Gasteiger partial charge in [-0.15, -0.1) is 0 Å². The lowest BCUT2D eigenvalue weighted by Crippen LogP contribution is -1.98. The van der Waals surface area contributed by atoms with E-state index in [1.165, 1.54) is 0 Å². The molecule has 0 unspecified atom stereocenters. The van der Waals surface area contributed by atoms with Crippen LogP contribution in [0.2, 0.25) is 10.0 Å². The molecule has 3 aromatic rings. The Kier molecular flexibility index (Phi) is 3.60. The Morgan fingerprint density at radius 1 is 1.15 bits per heavy atom. The number of halogens is 2. The molecule has 0 amide bonds. The van der Waals surface area contributed by atoms with Crippen LogP contribution in [-0.4, -0.2) is 11.7 Å². The number of nitrogens with zero attached hydrogens (tertiary/aromatic N) is 1. The van der Waals surface area contributed by atoms with E-state index in [-0.39, 0.29) is 0 Å². The third-order valence-corrected chi connectivity index (χ3v) is 3.83. The van der Waals surface area contributed by atoms with Crippen LogP contribution in [0.25, 0.3) is 10.9 Å². The summed E-state index contributed by atoms with van der Waals surface area (Å²) in [5.41, 5.74) is 2.12. The van der Waals surface area contributed by atoms with E-state index in [4.69, 9.17) is 27.9 Å². The van der Waals surface area contributed by atoms with Crippen LogP contribution in [0.15, 0.2) is 42.6 Å². The number of methoxy groups -OCH3 is 1. The summed E-state index contributed by atoms with van der Waals surface area (Å²) in [6, 6.07) is 14.7. The molecule has 20 heavy (non-hydrogen) atoms. The molecule has 1 radical (unpaired) electrons. The van der Waals surface area contributed by atoms with Gasteiger partial charge in [0, 0.05) is 39.8 Å². The lowest BCUT2D eigenvalue weighted by Gasteiger charge is -2.08. The standard InChI is InChI=1S/C16H12Cl2NO/c1-20-14-4-5-16-11(8-14)6-7-19(16)10-12-2-3-13(17)9-15(12)18/h2-5,7-9H,10H2,1H3. The van der Waals surface area contributed by atoms with E-state index < -0.39 is 0 Å². The SMILES string of the molecule is COc1ccc2c([c]cn2Cc2ccc(Cl)cc2Cl)c1. The minimum atomic E-state index is 0.646. The van der Waals surface area contributed by atoms with E-state index in [2.05, 4.69) is 10.6 Å². The molecule has 1 aromatic heterocycles. The van der Waals surface area contributed by atoms with Crippen LogP contribution in [0.3, 0.4) is 0 Å². The average molecular weight is 305 g/mol. The van der Waals surface area contributed by atoms with E-state index in [0.29, 0.717) is 16.6 Å². The predicted molar refractivity (Wildman–Crippen MR) is 82.9 cm³/mol.